The van der Waals surface area contributed by atoms with Gasteiger partial charge in [-0.1, -0.05) is 34.1 Å². The summed E-state index contributed by atoms with van der Waals surface area (Å²) in [6.07, 6.45) is 5.93. The standard InChI is InChI=1S/C21H33BrN4O/c1-23-20(25-17-8-13-26(14-9-17)12-5-15-27-2)24-16-21(10-11-21)18-6-3-4-7-19(18)22/h3-4,6-7,17H,5,8-16H2,1-2H3,(H2,23,24,25). The molecule has 27 heavy (non-hydrogen) atoms. The quantitative estimate of drug-likeness (QED) is 0.373. The topological polar surface area (TPSA) is 48.9 Å². The first-order valence-corrected chi connectivity index (χ1v) is 10.9. The van der Waals surface area contributed by atoms with Gasteiger partial charge in [-0.3, -0.25) is 4.99 Å². The van der Waals surface area contributed by atoms with Gasteiger partial charge in [-0.05, 0) is 43.7 Å². The van der Waals surface area contributed by atoms with Gasteiger partial charge in [0.2, 0.25) is 0 Å². The number of ether oxygens (including phenoxy) is 1. The lowest BCUT2D eigenvalue weighted by Crippen LogP contribution is -2.50. The summed E-state index contributed by atoms with van der Waals surface area (Å²) >= 11 is 3.72. The number of guanidine groups is 1. The molecule has 1 aliphatic heterocycles. The maximum Gasteiger partial charge on any atom is 0.191 e. The van der Waals surface area contributed by atoms with Crippen molar-refractivity contribution in [3.05, 3.63) is 34.3 Å². The molecule has 6 heteroatoms. The Bertz CT molecular complexity index is 624. The average Bonchev–Trinajstić information content (AvgIpc) is 3.48. The van der Waals surface area contributed by atoms with Gasteiger partial charge in [0, 0.05) is 62.9 Å². The first-order chi connectivity index (χ1) is 13.2. The molecule has 2 fully saturated rings. The molecule has 0 amide bonds. The Labute approximate surface area is 172 Å². The number of likely N-dealkylation sites (tertiary alicyclic amines) is 1. The zero-order chi connectivity index (χ0) is 19.1. The van der Waals surface area contributed by atoms with E-state index in [1.807, 2.05) is 7.05 Å². The largest absolute Gasteiger partial charge is 0.385 e. The Morgan fingerprint density at radius 3 is 2.67 bits per heavy atom. The summed E-state index contributed by atoms with van der Waals surface area (Å²) in [6, 6.07) is 9.11. The zero-order valence-electron chi connectivity index (χ0n) is 16.6. The van der Waals surface area contributed by atoms with Gasteiger partial charge in [0.1, 0.15) is 0 Å². The zero-order valence-corrected chi connectivity index (χ0v) is 18.2. The Morgan fingerprint density at radius 2 is 2.04 bits per heavy atom. The van der Waals surface area contributed by atoms with E-state index < -0.39 is 0 Å². The fraction of sp³-hybridized carbons (Fsp3) is 0.667. The smallest absolute Gasteiger partial charge is 0.191 e. The third-order valence-corrected chi connectivity index (χ3v) is 6.56. The van der Waals surface area contributed by atoms with Gasteiger partial charge in [-0.25, -0.2) is 0 Å². The molecule has 3 rings (SSSR count). The van der Waals surface area contributed by atoms with Gasteiger partial charge in [-0.15, -0.1) is 0 Å². The highest BCUT2D eigenvalue weighted by molar-refractivity contribution is 9.10. The highest BCUT2D eigenvalue weighted by Crippen LogP contribution is 2.49. The highest BCUT2D eigenvalue weighted by Gasteiger charge is 2.45. The summed E-state index contributed by atoms with van der Waals surface area (Å²) in [5.41, 5.74) is 1.67. The van der Waals surface area contributed by atoms with E-state index >= 15 is 0 Å². The highest BCUT2D eigenvalue weighted by atomic mass is 79.9. The van der Waals surface area contributed by atoms with Crippen LogP contribution in [0.2, 0.25) is 0 Å². The number of benzene rings is 1. The number of halogens is 1. The van der Waals surface area contributed by atoms with Crippen LogP contribution in [-0.4, -0.2) is 63.8 Å². The van der Waals surface area contributed by atoms with E-state index in [-0.39, 0.29) is 5.41 Å². The van der Waals surface area contributed by atoms with Gasteiger partial charge in [0.05, 0.1) is 0 Å². The predicted octanol–water partition coefficient (Wildman–Crippen LogP) is 3.15. The number of nitrogens with zero attached hydrogens (tertiary/aromatic N) is 2. The lowest BCUT2D eigenvalue weighted by molar-refractivity contribution is 0.155. The Morgan fingerprint density at radius 1 is 1.30 bits per heavy atom. The lowest BCUT2D eigenvalue weighted by atomic mass is 9.96. The van der Waals surface area contributed by atoms with Gasteiger partial charge < -0.3 is 20.3 Å². The van der Waals surface area contributed by atoms with Crippen molar-refractivity contribution in [2.75, 3.05) is 46.9 Å². The molecule has 0 radical (unpaired) electrons. The molecule has 0 unspecified atom stereocenters. The SMILES string of the molecule is CN=C(NCC1(c2ccccc2Br)CC1)NC1CCN(CCCOC)CC1. The minimum absolute atomic E-state index is 0.252. The van der Waals surface area contributed by atoms with Crippen LogP contribution in [-0.2, 0) is 10.2 Å². The summed E-state index contributed by atoms with van der Waals surface area (Å²) < 4.78 is 6.37. The Kier molecular flexibility index (Phi) is 7.56. The van der Waals surface area contributed by atoms with Crippen LogP contribution in [0, 0.1) is 0 Å². The van der Waals surface area contributed by atoms with Crippen molar-refractivity contribution in [2.24, 2.45) is 4.99 Å². The number of nitrogens with one attached hydrogen (secondary N) is 2. The van der Waals surface area contributed by atoms with Crippen LogP contribution >= 0.6 is 15.9 Å². The van der Waals surface area contributed by atoms with E-state index in [0.717, 1.165) is 45.2 Å². The van der Waals surface area contributed by atoms with Gasteiger partial charge in [-0.2, -0.15) is 0 Å². The van der Waals surface area contributed by atoms with Gasteiger partial charge in [0.15, 0.2) is 5.96 Å². The molecular weight excluding hydrogens is 404 g/mol. The molecule has 1 aromatic rings. The van der Waals surface area contributed by atoms with Gasteiger partial charge in [0.25, 0.3) is 0 Å². The number of piperidine rings is 1. The molecule has 2 aliphatic rings. The molecule has 150 valence electrons. The number of aliphatic imine (C=N–C) groups is 1. The normalized spacial score (nSPS) is 20.5. The molecule has 0 spiro atoms. The van der Waals surface area contributed by atoms with Crippen LogP contribution < -0.4 is 10.6 Å². The van der Waals surface area contributed by atoms with E-state index in [9.17, 15) is 0 Å². The first-order valence-electron chi connectivity index (χ1n) is 10.1. The third kappa shape index (κ3) is 5.69. The van der Waals surface area contributed by atoms with Crippen molar-refractivity contribution in [2.45, 2.75) is 43.6 Å². The van der Waals surface area contributed by atoms with Gasteiger partial charge >= 0.3 is 0 Å². The summed E-state index contributed by atoms with van der Waals surface area (Å²) in [5, 5.41) is 7.22. The number of methoxy groups -OCH3 is 1. The summed E-state index contributed by atoms with van der Waals surface area (Å²) in [4.78, 5) is 7.00. The van der Waals surface area contributed by atoms with Crippen molar-refractivity contribution in [3.63, 3.8) is 0 Å². The van der Waals surface area contributed by atoms with Crippen LogP contribution in [0.5, 0.6) is 0 Å². The van der Waals surface area contributed by atoms with Crippen molar-refractivity contribution < 1.29 is 4.74 Å². The lowest BCUT2D eigenvalue weighted by Gasteiger charge is -2.33. The monoisotopic (exact) mass is 436 g/mol. The minimum Gasteiger partial charge on any atom is -0.385 e. The predicted molar refractivity (Wildman–Crippen MR) is 116 cm³/mol. The van der Waals surface area contributed by atoms with E-state index in [0.29, 0.717) is 6.04 Å². The van der Waals surface area contributed by atoms with E-state index in [2.05, 4.69) is 60.7 Å². The van der Waals surface area contributed by atoms with Crippen molar-refractivity contribution in [1.82, 2.24) is 15.5 Å². The molecule has 1 heterocycles. The third-order valence-electron chi connectivity index (χ3n) is 5.87. The van der Waals surface area contributed by atoms with E-state index in [1.54, 1.807) is 7.11 Å². The second kappa shape index (κ2) is 9.89. The number of hydrogen-bond donors (Lipinski definition) is 2. The average molecular weight is 437 g/mol. The molecule has 0 bridgehead atoms. The van der Waals surface area contributed by atoms with Crippen molar-refractivity contribution in [3.8, 4) is 0 Å². The van der Waals surface area contributed by atoms with Crippen LogP contribution in [0.25, 0.3) is 0 Å². The fourth-order valence-electron chi connectivity index (χ4n) is 3.96. The minimum atomic E-state index is 0.252. The first kappa shape index (κ1) is 20.6. The van der Waals surface area contributed by atoms with E-state index in [4.69, 9.17) is 4.74 Å². The Balaban J connectivity index is 1.44. The second-order valence-electron chi connectivity index (χ2n) is 7.79. The summed E-state index contributed by atoms with van der Waals surface area (Å²) in [7, 11) is 3.64. The van der Waals surface area contributed by atoms with E-state index in [1.165, 1.54) is 35.7 Å². The fourth-order valence-corrected chi connectivity index (χ4v) is 4.66. The molecule has 5 nitrogen and oxygen atoms in total. The van der Waals surface area contributed by atoms with Crippen LogP contribution in [0.4, 0.5) is 0 Å². The molecule has 2 N–H and O–H groups in total. The summed E-state index contributed by atoms with van der Waals surface area (Å²) in [5.74, 6) is 0.936. The molecule has 1 saturated heterocycles. The molecule has 0 aromatic heterocycles. The van der Waals surface area contributed by atoms with Crippen LogP contribution in [0.1, 0.15) is 37.7 Å². The molecule has 1 aromatic carbocycles. The van der Waals surface area contributed by atoms with Crippen molar-refractivity contribution in [1.29, 1.82) is 0 Å². The second-order valence-corrected chi connectivity index (χ2v) is 8.65. The van der Waals surface area contributed by atoms with Crippen LogP contribution in [0.3, 0.4) is 0 Å². The maximum atomic E-state index is 5.15. The molecule has 0 atom stereocenters. The Hall–Kier alpha value is -1.11. The summed E-state index contributed by atoms with van der Waals surface area (Å²) in [6.45, 7) is 5.24. The molecule has 1 aliphatic carbocycles. The van der Waals surface area contributed by atoms with Crippen LogP contribution in [0.15, 0.2) is 33.7 Å². The maximum absolute atomic E-state index is 5.15. The number of rotatable bonds is 8. The van der Waals surface area contributed by atoms with Crippen molar-refractivity contribution >= 4 is 21.9 Å². The molecular formula is C21H33BrN4O. The molecule has 1 saturated carbocycles. The number of hydrogen-bond acceptors (Lipinski definition) is 3.